The summed E-state index contributed by atoms with van der Waals surface area (Å²) in [6.07, 6.45) is -0.436. The Morgan fingerprint density at radius 2 is 2.05 bits per heavy atom. The number of morpholine rings is 1. The number of halogens is 2. The quantitative estimate of drug-likeness (QED) is 0.905. The van der Waals surface area contributed by atoms with E-state index < -0.39 is 33.4 Å². The van der Waals surface area contributed by atoms with Crippen LogP contribution in [0, 0.1) is 11.6 Å². The van der Waals surface area contributed by atoms with E-state index in [1.165, 1.54) is 4.31 Å². The monoisotopic (exact) mass is 320 g/mol. The highest BCUT2D eigenvalue weighted by Gasteiger charge is 2.39. The second kappa shape index (κ2) is 5.60. The third kappa shape index (κ3) is 3.39. The molecule has 1 aromatic carbocycles. The Hall–Kier alpha value is -1.09. The van der Waals surface area contributed by atoms with Gasteiger partial charge in [-0.2, -0.15) is 4.31 Å². The highest BCUT2D eigenvalue weighted by molar-refractivity contribution is 7.89. The van der Waals surface area contributed by atoms with Crippen molar-refractivity contribution in [3.63, 3.8) is 0 Å². The van der Waals surface area contributed by atoms with Crippen molar-refractivity contribution in [2.75, 3.05) is 19.6 Å². The molecular formula is C13H18F2N2O3S. The van der Waals surface area contributed by atoms with Gasteiger partial charge in [-0.1, -0.05) is 0 Å². The lowest BCUT2D eigenvalue weighted by atomic mass is 10.1. The van der Waals surface area contributed by atoms with Gasteiger partial charge >= 0.3 is 0 Å². The fourth-order valence-electron chi connectivity index (χ4n) is 2.33. The van der Waals surface area contributed by atoms with Gasteiger partial charge in [0.2, 0.25) is 10.0 Å². The summed E-state index contributed by atoms with van der Waals surface area (Å²) in [6, 6.07) is 2.53. The lowest BCUT2D eigenvalue weighted by molar-refractivity contribution is -0.112. The first kappa shape index (κ1) is 16.3. The topological polar surface area (TPSA) is 72.6 Å². The predicted molar refractivity (Wildman–Crippen MR) is 73.1 cm³/mol. The van der Waals surface area contributed by atoms with Crippen LogP contribution in [-0.4, -0.2) is 44.1 Å². The third-order valence-electron chi connectivity index (χ3n) is 3.24. The minimum atomic E-state index is -3.92. The summed E-state index contributed by atoms with van der Waals surface area (Å²) >= 11 is 0. The van der Waals surface area contributed by atoms with Crippen molar-refractivity contribution >= 4 is 10.0 Å². The molecular weight excluding hydrogens is 302 g/mol. The van der Waals surface area contributed by atoms with Crippen LogP contribution in [0.25, 0.3) is 0 Å². The fourth-order valence-corrected chi connectivity index (χ4v) is 3.97. The number of rotatable bonds is 3. The SMILES string of the molecule is CC1(C)CN(S(=O)(=O)c2ccc(F)c(F)c2)CC(CN)O1. The minimum Gasteiger partial charge on any atom is -0.368 e. The van der Waals surface area contributed by atoms with Crippen LogP contribution in [0.5, 0.6) is 0 Å². The molecule has 1 fully saturated rings. The third-order valence-corrected chi connectivity index (χ3v) is 5.05. The highest BCUT2D eigenvalue weighted by atomic mass is 32.2. The summed E-state index contributed by atoms with van der Waals surface area (Å²) in [5.41, 5.74) is 4.86. The van der Waals surface area contributed by atoms with Gasteiger partial charge in [0, 0.05) is 19.6 Å². The van der Waals surface area contributed by atoms with Crippen molar-refractivity contribution in [3.05, 3.63) is 29.8 Å². The zero-order valence-electron chi connectivity index (χ0n) is 11.8. The summed E-state index contributed by atoms with van der Waals surface area (Å²) < 4.78 is 58.2. The Balaban J connectivity index is 2.36. The van der Waals surface area contributed by atoms with Crippen molar-refractivity contribution in [2.45, 2.75) is 30.4 Å². The molecule has 1 aromatic rings. The predicted octanol–water partition coefficient (Wildman–Crippen LogP) is 1.09. The first-order valence-electron chi connectivity index (χ1n) is 6.49. The molecule has 1 aliphatic rings. The first-order valence-corrected chi connectivity index (χ1v) is 7.93. The summed E-state index contributed by atoms with van der Waals surface area (Å²) in [4.78, 5) is -0.283. The van der Waals surface area contributed by atoms with Gasteiger partial charge in [-0.25, -0.2) is 17.2 Å². The van der Waals surface area contributed by atoms with E-state index in [2.05, 4.69) is 0 Å². The molecule has 1 saturated heterocycles. The molecule has 1 atom stereocenters. The molecule has 2 N–H and O–H groups in total. The van der Waals surface area contributed by atoms with Crippen LogP contribution < -0.4 is 5.73 Å². The molecule has 1 aliphatic heterocycles. The molecule has 0 aromatic heterocycles. The molecule has 0 radical (unpaired) electrons. The van der Waals surface area contributed by atoms with Crippen molar-refractivity contribution in [2.24, 2.45) is 5.73 Å². The molecule has 0 saturated carbocycles. The molecule has 0 spiro atoms. The molecule has 5 nitrogen and oxygen atoms in total. The summed E-state index contributed by atoms with van der Waals surface area (Å²) in [7, 11) is -3.92. The molecule has 0 aliphatic carbocycles. The lowest BCUT2D eigenvalue weighted by Crippen LogP contribution is -2.56. The van der Waals surface area contributed by atoms with Gasteiger partial charge < -0.3 is 10.5 Å². The number of ether oxygens (including phenoxy) is 1. The van der Waals surface area contributed by atoms with E-state index in [1.54, 1.807) is 13.8 Å². The smallest absolute Gasteiger partial charge is 0.243 e. The number of nitrogens with two attached hydrogens (primary N) is 1. The van der Waals surface area contributed by atoms with Gasteiger partial charge in [0.15, 0.2) is 11.6 Å². The molecule has 1 unspecified atom stereocenters. The number of hydrogen-bond donors (Lipinski definition) is 1. The molecule has 0 amide bonds. The van der Waals surface area contributed by atoms with Crippen LogP contribution in [-0.2, 0) is 14.8 Å². The van der Waals surface area contributed by atoms with Crippen LogP contribution in [0.2, 0.25) is 0 Å². The van der Waals surface area contributed by atoms with E-state index in [0.29, 0.717) is 6.07 Å². The Bertz CT molecular complexity index is 634. The standard InChI is InChI=1S/C13H18F2N2O3S/c1-13(2)8-17(7-9(6-16)20-13)21(18,19)10-3-4-11(14)12(15)5-10/h3-5,9H,6-8,16H2,1-2H3. The Kier molecular flexibility index (Phi) is 4.34. The van der Waals surface area contributed by atoms with Crippen molar-refractivity contribution in [1.82, 2.24) is 4.31 Å². The number of sulfonamides is 1. The maximum absolute atomic E-state index is 13.3. The van der Waals surface area contributed by atoms with E-state index in [4.69, 9.17) is 10.5 Å². The molecule has 1 heterocycles. The maximum atomic E-state index is 13.3. The number of hydrogen-bond acceptors (Lipinski definition) is 4. The van der Waals surface area contributed by atoms with Crippen molar-refractivity contribution < 1.29 is 21.9 Å². The molecule has 118 valence electrons. The average molecular weight is 320 g/mol. The van der Waals surface area contributed by atoms with Crippen LogP contribution in [0.15, 0.2) is 23.1 Å². The molecule has 8 heteroatoms. The second-order valence-electron chi connectivity index (χ2n) is 5.61. The van der Waals surface area contributed by atoms with Crippen LogP contribution in [0.4, 0.5) is 8.78 Å². The van der Waals surface area contributed by atoms with Gasteiger partial charge in [0.05, 0.1) is 16.6 Å². The molecule has 2 rings (SSSR count). The van der Waals surface area contributed by atoms with E-state index in [0.717, 1.165) is 12.1 Å². The van der Waals surface area contributed by atoms with Gasteiger partial charge in [-0.05, 0) is 32.0 Å². The molecule has 21 heavy (non-hydrogen) atoms. The second-order valence-corrected chi connectivity index (χ2v) is 7.55. The average Bonchev–Trinajstić information content (AvgIpc) is 2.39. The normalized spacial score (nSPS) is 23.2. The van der Waals surface area contributed by atoms with E-state index in [1.807, 2.05) is 0 Å². The van der Waals surface area contributed by atoms with E-state index >= 15 is 0 Å². The van der Waals surface area contributed by atoms with Crippen LogP contribution in [0.1, 0.15) is 13.8 Å². The van der Waals surface area contributed by atoms with Crippen LogP contribution >= 0.6 is 0 Å². The highest BCUT2D eigenvalue weighted by Crippen LogP contribution is 2.26. The first-order chi connectivity index (χ1) is 9.65. The Morgan fingerprint density at radius 3 is 2.62 bits per heavy atom. The Morgan fingerprint density at radius 1 is 1.38 bits per heavy atom. The maximum Gasteiger partial charge on any atom is 0.243 e. The van der Waals surface area contributed by atoms with Gasteiger partial charge in [0.1, 0.15) is 0 Å². The van der Waals surface area contributed by atoms with Gasteiger partial charge in [-0.3, -0.25) is 0 Å². The minimum absolute atomic E-state index is 0.0846. The lowest BCUT2D eigenvalue weighted by Gasteiger charge is -2.41. The zero-order valence-corrected chi connectivity index (χ0v) is 12.7. The largest absolute Gasteiger partial charge is 0.368 e. The van der Waals surface area contributed by atoms with Crippen molar-refractivity contribution in [3.8, 4) is 0 Å². The zero-order chi connectivity index (χ0) is 15.8. The summed E-state index contributed by atoms with van der Waals surface area (Å²) in [5.74, 6) is -2.28. The number of benzene rings is 1. The van der Waals surface area contributed by atoms with E-state index in [9.17, 15) is 17.2 Å². The van der Waals surface area contributed by atoms with Gasteiger partial charge in [0.25, 0.3) is 0 Å². The van der Waals surface area contributed by atoms with Crippen LogP contribution in [0.3, 0.4) is 0 Å². The summed E-state index contributed by atoms with van der Waals surface area (Å²) in [5, 5.41) is 0. The summed E-state index contributed by atoms with van der Waals surface area (Å²) in [6.45, 7) is 3.88. The molecule has 0 bridgehead atoms. The van der Waals surface area contributed by atoms with Gasteiger partial charge in [-0.15, -0.1) is 0 Å². The van der Waals surface area contributed by atoms with Crippen molar-refractivity contribution in [1.29, 1.82) is 0 Å². The van der Waals surface area contributed by atoms with E-state index in [-0.39, 0.29) is 24.5 Å². The Labute approximate surface area is 122 Å². The fraction of sp³-hybridized carbons (Fsp3) is 0.538. The number of nitrogens with zero attached hydrogens (tertiary/aromatic N) is 1.